The van der Waals surface area contributed by atoms with E-state index in [1.54, 1.807) is 18.5 Å². The van der Waals surface area contributed by atoms with Crippen LogP contribution >= 0.6 is 0 Å². The number of nitrogens with two attached hydrogens (primary N) is 1. The lowest BCUT2D eigenvalue weighted by Gasteiger charge is -2.13. The Hall–Kier alpha value is -2.33. The van der Waals surface area contributed by atoms with Gasteiger partial charge in [-0.25, -0.2) is 4.39 Å². The quantitative estimate of drug-likeness (QED) is 0.764. The molecule has 1 unspecified atom stereocenters. The molecule has 0 fully saturated rings. The molecule has 3 rings (SSSR count). The molecule has 1 atom stereocenters. The molecule has 3 nitrogen and oxygen atoms in total. The minimum atomic E-state index is -0.417. The van der Waals surface area contributed by atoms with E-state index < -0.39 is 6.04 Å². The van der Waals surface area contributed by atoms with Crippen molar-refractivity contribution in [1.29, 1.82) is 0 Å². The molecule has 2 heterocycles. The van der Waals surface area contributed by atoms with Gasteiger partial charge in [0.25, 0.3) is 0 Å². The van der Waals surface area contributed by atoms with Crippen LogP contribution in [0.2, 0.25) is 0 Å². The van der Waals surface area contributed by atoms with Crippen molar-refractivity contribution in [2.24, 2.45) is 5.73 Å². The van der Waals surface area contributed by atoms with E-state index in [-0.39, 0.29) is 5.82 Å². The molecule has 0 aliphatic heterocycles. The zero-order chi connectivity index (χ0) is 13.2. The van der Waals surface area contributed by atoms with E-state index in [0.29, 0.717) is 5.69 Å². The number of benzene rings is 1. The minimum Gasteiger partial charge on any atom is -0.319 e. The summed E-state index contributed by atoms with van der Waals surface area (Å²) in [5.74, 6) is -0.369. The first-order chi connectivity index (χ1) is 9.25. The highest BCUT2D eigenvalue weighted by Crippen LogP contribution is 2.25. The van der Waals surface area contributed by atoms with Gasteiger partial charge in [0.2, 0.25) is 0 Å². The molecule has 94 valence electrons. The fourth-order valence-electron chi connectivity index (χ4n) is 2.12. The number of hydrogen-bond acceptors (Lipinski definition) is 3. The fraction of sp³-hybridized carbons (Fsp3) is 0.0667. The number of fused-ring (bicyclic) bond motifs is 1. The summed E-state index contributed by atoms with van der Waals surface area (Å²) in [7, 11) is 0. The van der Waals surface area contributed by atoms with E-state index in [1.165, 1.54) is 12.3 Å². The van der Waals surface area contributed by atoms with Gasteiger partial charge >= 0.3 is 0 Å². The number of pyridine rings is 2. The Morgan fingerprint density at radius 2 is 1.84 bits per heavy atom. The maximum Gasteiger partial charge on any atom is 0.141 e. The van der Waals surface area contributed by atoms with Gasteiger partial charge in [0.05, 0.1) is 17.9 Å². The van der Waals surface area contributed by atoms with Crippen molar-refractivity contribution in [2.75, 3.05) is 0 Å². The molecule has 2 aromatic heterocycles. The second-order valence-electron chi connectivity index (χ2n) is 4.33. The van der Waals surface area contributed by atoms with Crippen LogP contribution < -0.4 is 5.73 Å². The summed E-state index contributed by atoms with van der Waals surface area (Å²) < 4.78 is 12.9. The van der Waals surface area contributed by atoms with Gasteiger partial charge < -0.3 is 5.73 Å². The van der Waals surface area contributed by atoms with Crippen molar-refractivity contribution in [3.8, 4) is 0 Å². The number of rotatable bonds is 2. The molecule has 0 saturated carbocycles. The lowest BCUT2D eigenvalue weighted by atomic mass is 10.00. The van der Waals surface area contributed by atoms with Gasteiger partial charge in [-0.1, -0.05) is 24.3 Å². The molecule has 0 saturated heterocycles. The lowest BCUT2D eigenvalue weighted by Crippen LogP contribution is -2.14. The summed E-state index contributed by atoms with van der Waals surface area (Å²) in [6.07, 6.45) is 4.70. The predicted octanol–water partition coefficient (Wildman–Crippen LogP) is 2.82. The van der Waals surface area contributed by atoms with Crippen molar-refractivity contribution in [3.05, 3.63) is 72.1 Å². The van der Waals surface area contributed by atoms with Crippen LogP contribution in [-0.2, 0) is 0 Å². The molecule has 0 bridgehead atoms. The number of nitrogens with zero attached hydrogens (tertiary/aromatic N) is 2. The molecule has 0 spiro atoms. The summed E-state index contributed by atoms with van der Waals surface area (Å²) in [5, 5.41) is 2.06. The summed E-state index contributed by atoms with van der Waals surface area (Å²) in [6, 6.07) is 10.4. The average molecular weight is 253 g/mol. The fourth-order valence-corrected chi connectivity index (χ4v) is 2.12. The third kappa shape index (κ3) is 2.18. The van der Waals surface area contributed by atoms with Crippen LogP contribution in [0, 0.1) is 5.82 Å². The van der Waals surface area contributed by atoms with Crippen LogP contribution in [0.5, 0.6) is 0 Å². The molecule has 0 radical (unpaired) electrons. The number of hydrogen-bond donors (Lipinski definition) is 1. The summed E-state index contributed by atoms with van der Waals surface area (Å²) >= 11 is 0. The highest BCUT2D eigenvalue weighted by atomic mass is 19.1. The Labute approximate surface area is 109 Å². The standard InChI is InChI=1S/C15H12FN3/c16-11-5-6-14(19-8-11)15(17)13-9-18-7-10-3-1-2-4-12(10)13/h1-9,15H,17H2. The van der Waals surface area contributed by atoms with Gasteiger partial charge in [0.1, 0.15) is 5.82 Å². The molecule has 0 aliphatic rings. The second kappa shape index (κ2) is 4.74. The topological polar surface area (TPSA) is 51.8 Å². The van der Waals surface area contributed by atoms with Gasteiger partial charge in [-0.2, -0.15) is 0 Å². The monoisotopic (exact) mass is 253 g/mol. The first-order valence-corrected chi connectivity index (χ1v) is 5.95. The molecule has 1 aromatic carbocycles. The normalized spacial score (nSPS) is 12.5. The minimum absolute atomic E-state index is 0.369. The smallest absolute Gasteiger partial charge is 0.141 e. The molecule has 4 heteroatoms. The molecule has 2 N–H and O–H groups in total. The summed E-state index contributed by atoms with van der Waals surface area (Å²) in [4.78, 5) is 8.23. The van der Waals surface area contributed by atoms with Gasteiger partial charge in [-0.05, 0) is 17.5 Å². The third-order valence-corrected chi connectivity index (χ3v) is 3.10. The lowest BCUT2D eigenvalue weighted by molar-refractivity contribution is 0.617. The van der Waals surface area contributed by atoms with Crippen molar-refractivity contribution in [3.63, 3.8) is 0 Å². The Morgan fingerprint density at radius 3 is 2.63 bits per heavy atom. The maximum absolute atomic E-state index is 12.9. The second-order valence-corrected chi connectivity index (χ2v) is 4.33. The molecule has 0 aliphatic carbocycles. The van der Waals surface area contributed by atoms with Gasteiger partial charge in [0, 0.05) is 23.3 Å². The maximum atomic E-state index is 12.9. The van der Waals surface area contributed by atoms with Crippen molar-refractivity contribution < 1.29 is 4.39 Å². The largest absolute Gasteiger partial charge is 0.319 e. The van der Waals surface area contributed by atoms with E-state index in [0.717, 1.165) is 16.3 Å². The van der Waals surface area contributed by atoms with E-state index in [2.05, 4.69) is 9.97 Å². The Bertz CT molecular complexity index is 705. The van der Waals surface area contributed by atoms with Gasteiger partial charge in [0.15, 0.2) is 0 Å². The molecule has 0 amide bonds. The summed E-state index contributed by atoms with van der Waals surface area (Å²) in [6.45, 7) is 0. The molecular formula is C15H12FN3. The molecule has 3 aromatic rings. The van der Waals surface area contributed by atoms with Crippen LogP contribution in [0.15, 0.2) is 55.0 Å². The first-order valence-electron chi connectivity index (χ1n) is 5.95. The van der Waals surface area contributed by atoms with Crippen molar-refractivity contribution in [1.82, 2.24) is 9.97 Å². The van der Waals surface area contributed by atoms with Crippen LogP contribution in [0.4, 0.5) is 4.39 Å². The third-order valence-electron chi connectivity index (χ3n) is 3.10. The number of halogens is 1. The Balaban J connectivity index is 2.11. The van der Waals surface area contributed by atoms with Crippen LogP contribution in [0.3, 0.4) is 0 Å². The van der Waals surface area contributed by atoms with Crippen LogP contribution in [-0.4, -0.2) is 9.97 Å². The van der Waals surface area contributed by atoms with Crippen LogP contribution in [0.1, 0.15) is 17.3 Å². The highest BCUT2D eigenvalue weighted by Gasteiger charge is 2.13. The van der Waals surface area contributed by atoms with E-state index in [1.807, 2.05) is 24.3 Å². The van der Waals surface area contributed by atoms with Crippen molar-refractivity contribution in [2.45, 2.75) is 6.04 Å². The summed E-state index contributed by atoms with van der Waals surface area (Å²) in [5.41, 5.74) is 7.72. The van der Waals surface area contributed by atoms with E-state index >= 15 is 0 Å². The number of aromatic nitrogens is 2. The van der Waals surface area contributed by atoms with E-state index in [9.17, 15) is 4.39 Å². The average Bonchev–Trinajstić information content (AvgIpc) is 2.47. The SMILES string of the molecule is NC(c1ccc(F)cn1)c1cncc2ccccc12. The molecule has 19 heavy (non-hydrogen) atoms. The van der Waals surface area contributed by atoms with Crippen molar-refractivity contribution >= 4 is 10.8 Å². The first kappa shape index (κ1) is 11.7. The predicted molar refractivity (Wildman–Crippen MR) is 72.0 cm³/mol. The highest BCUT2D eigenvalue weighted by molar-refractivity contribution is 5.85. The van der Waals surface area contributed by atoms with Gasteiger partial charge in [-0.15, -0.1) is 0 Å². The zero-order valence-electron chi connectivity index (χ0n) is 10.1. The van der Waals surface area contributed by atoms with Crippen LogP contribution in [0.25, 0.3) is 10.8 Å². The Morgan fingerprint density at radius 1 is 1.00 bits per heavy atom. The van der Waals surface area contributed by atoms with Gasteiger partial charge in [-0.3, -0.25) is 9.97 Å². The zero-order valence-corrected chi connectivity index (χ0v) is 10.1. The molecular weight excluding hydrogens is 241 g/mol. The Kier molecular flexibility index (Phi) is 2.93. The van der Waals surface area contributed by atoms with E-state index in [4.69, 9.17) is 5.73 Å².